The van der Waals surface area contributed by atoms with E-state index in [4.69, 9.17) is 4.74 Å². The Kier molecular flexibility index (Phi) is 6.98. The molecule has 2 aromatic carbocycles. The first-order valence-corrected chi connectivity index (χ1v) is 11.3. The number of likely N-dealkylation sites (tertiary alicyclic amines) is 1. The van der Waals surface area contributed by atoms with Gasteiger partial charge < -0.3 is 9.64 Å². The molecule has 2 aliphatic heterocycles. The minimum absolute atomic E-state index is 0.0327. The van der Waals surface area contributed by atoms with Gasteiger partial charge in [-0.1, -0.05) is 54.6 Å². The van der Waals surface area contributed by atoms with Crippen LogP contribution in [0, 0.1) is 0 Å². The summed E-state index contributed by atoms with van der Waals surface area (Å²) in [6.07, 6.45) is 3.81. The number of nitrogens with zero attached hydrogens (tertiary/aromatic N) is 2. The number of carbonyl (C=O) groups excluding carboxylic acids is 1. The summed E-state index contributed by atoms with van der Waals surface area (Å²) >= 11 is 0. The third kappa shape index (κ3) is 5.78. The average molecular weight is 407 g/mol. The van der Waals surface area contributed by atoms with E-state index in [1.54, 1.807) is 6.92 Å². The number of Topliss-reactive ketones (excluding diaryl/α,β-unsaturated/α-hetero) is 1. The fourth-order valence-corrected chi connectivity index (χ4v) is 4.86. The van der Waals surface area contributed by atoms with Gasteiger partial charge in [-0.25, -0.2) is 0 Å². The molecule has 4 nitrogen and oxygen atoms in total. The van der Waals surface area contributed by atoms with Crippen LogP contribution in [0.15, 0.2) is 54.6 Å². The van der Waals surface area contributed by atoms with Gasteiger partial charge in [-0.05, 0) is 42.9 Å². The van der Waals surface area contributed by atoms with Crippen LogP contribution >= 0.6 is 0 Å². The molecule has 2 heterocycles. The summed E-state index contributed by atoms with van der Waals surface area (Å²) in [7, 11) is 0. The summed E-state index contributed by atoms with van der Waals surface area (Å²) in [6, 6.07) is 19.3. The zero-order chi connectivity index (χ0) is 20.8. The zero-order valence-corrected chi connectivity index (χ0v) is 18.2. The quantitative estimate of drug-likeness (QED) is 0.702. The molecule has 30 heavy (non-hydrogen) atoms. The largest absolute Gasteiger partial charge is 0.372 e. The maximum Gasteiger partial charge on any atom is 0.134 e. The van der Waals surface area contributed by atoms with Crippen LogP contribution in [0.3, 0.4) is 0 Å². The lowest BCUT2D eigenvalue weighted by atomic mass is 9.89. The summed E-state index contributed by atoms with van der Waals surface area (Å²) in [4.78, 5) is 16.5. The Morgan fingerprint density at radius 3 is 2.43 bits per heavy atom. The molecule has 2 aromatic rings. The number of rotatable bonds is 7. The Balaban J connectivity index is 1.26. The Labute approximate surface area is 180 Å². The lowest BCUT2D eigenvalue weighted by Gasteiger charge is -2.47. The number of ether oxygens (including phenoxy) is 1. The first-order chi connectivity index (χ1) is 14.6. The van der Waals surface area contributed by atoms with E-state index in [2.05, 4.69) is 64.4 Å². The number of morpholine rings is 1. The zero-order valence-electron chi connectivity index (χ0n) is 18.2. The molecule has 0 saturated carbocycles. The molecule has 2 aliphatic rings. The molecular formula is C26H34N2O2. The van der Waals surface area contributed by atoms with Gasteiger partial charge in [0.15, 0.2) is 0 Å². The molecule has 0 aliphatic carbocycles. The fourth-order valence-electron chi connectivity index (χ4n) is 4.86. The van der Waals surface area contributed by atoms with Crippen molar-refractivity contribution in [1.82, 2.24) is 9.80 Å². The van der Waals surface area contributed by atoms with Crippen LogP contribution in [0.25, 0.3) is 0 Å². The predicted molar refractivity (Wildman–Crippen MR) is 121 cm³/mol. The molecule has 2 saturated heterocycles. The second-order valence-electron chi connectivity index (χ2n) is 9.02. The Hall–Kier alpha value is -2.01. The Morgan fingerprint density at radius 2 is 1.67 bits per heavy atom. The molecule has 0 N–H and O–H groups in total. The number of piperidine rings is 1. The summed E-state index contributed by atoms with van der Waals surface area (Å²) in [5.74, 6) is 0.224. The van der Waals surface area contributed by atoms with E-state index in [0.717, 1.165) is 70.7 Å². The van der Waals surface area contributed by atoms with E-state index in [1.807, 2.05) is 0 Å². The monoisotopic (exact) mass is 406 g/mol. The summed E-state index contributed by atoms with van der Waals surface area (Å²) in [5.41, 5.74) is 3.88. The van der Waals surface area contributed by atoms with Crippen LogP contribution in [0.2, 0.25) is 0 Å². The van der Waals surface area contributed by atoms with Gasteiger partial charge in [0.25, 0.3) is 0 Å². The topological polar surface area (TPSA) is 32.8 Å². The third-order valence-electron chi connectivity index (χ3n) is 6.50. The van der Waals surface area contributed by atoms with Crippen molar-refractivity contribution in [2.45, 2.75) is 44.8 Å². The molecule has 0 aromatic heterocycles. The van der Waals surface area contributed by atoms with Crippen LogP contribution in [-0.4, -0.2) is 60.5 Å². The standard InChI is InChI=1S/C26H34N2O2/c1-22(29)18-25-9-5-8-23(19-25)10-13-27-14-11-26(12-15-27)21-28(16-17-30-26)20-24-6-3-2-4-7-24/h2-9,19H,10-18,20-21H2,1H3. The number of ketones is 1. The van der Waals surface area contributed by atoms with Crippen LogP contribution in [0.4, 0.5) is 0 Å². The average Bonchev–Trinajstić information content (AvgIpc) is 2.74. The van der Waals surface area contributed by atoms with Crippen molar-refractivity contribution in [2.75, 3.05) is 39.3 Å². The van der Waals surface area contributed by atoms with Gasteiger partial charge in [0.05, 0.1) is 12.2 Å². The molecular weight excluding hydrogens is 372 g/mol. The molecule has 4 rings (SSSR count). The molecule has 0 radical (unpaired) electrons. The van der Waals surface area contributed by atoms with Gasteiger partial charge in [-0.3, -0.25) is 9.69 Å². The Morgan fingerprint density at radius 1 is 0.933 bits per heavy atom. The van der Waals surface area contributed by atoms with Gasteiger partial charge in [0.1, 0.15) is 5.78 Å². The number of carbonyl (C=O) groups is 1. The highest BCUT2D eigenvalue weighted by Crippen LogP contribution is 2.31. The van der Waals surface area contributed by atoms with E-state index >= 15 is 0 Å². The fraction of sp³-hybridized carbons (Fsp3) is 0.500. The highest BCUT2D eigenvalue weighted by atomic mass is 16.5. The van der Waals surface area contributed by atoms with Crippen molar-refractivity contribution < 1.29 is 9.53 Å². The first-order valence-electron chi connectivity index (χ1n) is 11.3. The van der Waals surface area contributed by atoms with Crippen molar-refractivity contribution in [3.05, 3.63) is 71.3 Å². The highest BCUT2D eigenvalue weighted by Gasteiger charge is 2.39. The normalized spacial score (nSPS) is 19.8. The van der Waals surface area contributed by atoms with Crippen molar-refractivity contribution in [1.29, 1.82) is 0 Å². The molecule has 1 spiro atoms. The predicted octanol–water partition coefficient (Wildman–Crippen LogP) is 3.73. The summed E-state index contributed by atoms with van der Waals surface area (Å²) in [6.45, 7) is 8.87. The van der Waals surface area contributed by atoms with Gasteiger partial charge in [0, 0.05) is 45.7 Å². The van der Waals surface area contributed by atoms with Crippen LogP contribution < -0.4 is 0 Å². The van der Waals surface area contributed by atoms with Crippen molar-refractivity contribution in [3.8, 4) is 0 Å². The molecule has 0 unspecified atom stereocenters. The lowest BCUT2D eigenvalue weighted by molar-refractivity contribution is -0.137. The highest BCUT2D eigenvalue weighted by molar-refractivity contribution is 5.78. The maximum atomic E-state index is 11.4. The van der Waals surface area contributed by atoms with Crippen molar-refractivity contribution in [3.63, 3.8) is 0 Å². The van der Waals surface area contributed by atoms with Gasteiger partial charge in [0.2, 0.25) is 0 Å². The molecule has 2 fully saturated rings. The molecule has 0 bridgehead atoms. The number of hydrogen-bond acceptors (Lipinski definition) is 4. The van der Waals surface area contributed by atoms with Gasteiger partial charge in [-0.15, -0.1) is 0 Å². The molecule has 0 amide bonds. The molecule has 4 heteroatoms. The van der Waals surface area contributed by atoms with Crippen LogP contribution in [0.1, 0.15) is 36.5 Å². The second kappa shape index (κ2) is 9.86. The SMILES string of the molecule is CC(=O)Cc1cccc(CCN2CCC3(CC2)CN(Cc2ccccc2)CCO3)c1. The van der Waals surface area contributed by atoms with Gasteiger partial charge >= 0.3 is 0 Å². The van der Waals surface area contributed by atoms with E-state index in [9.17, 15) is 4.79 Å². The smallest absolute Gasteiger partial charge is 0.134 e. The minimum atomic E-state index is 0.0327. The van der Waals surface area contributed by atoms with E-state index in [-0.39, 0.29) is 11.4 Å². The van der Waals surface area contributed by atoms with E-state index < -0.39 is 0 Å². The number of hydrogen-bond donors (Lipinski definition) is 0. The minimum Gasteiger partial charge on any atom is -0.372 e. The number of benzene rings is 2. The van der Waals surface area contributed by atoms with Gasteiger partial charge in [-0.2, -0.15) is 0 Å². The lowest BCUT2D eigenvalue weighted by Crippen LogP contribution is -2.56. The summed E-state index contributed by atoms with van der Waals surface area (Å²) in [5, 5.41) is 0. The third-order valence-corrected chi connectivity index (χ3v) is 6.50. The van der Waals surface area contributed by atoms with Crippen molar-refractivity contribution >= 4 is 5.78 Å². The summed E-state index contributed by atoms with van der Waals surface area (Å²) < 4.78 is 6.34. The molecule has 0 atom stereocenters. The first kappa shape index (κ1) is 21.2. The van der Waals surface area contributed by atoms with Crippen molar-refractivity contribution in [2.24, 2.45) is 0 Å². The second-order valence-corrected chi connectivity index (χ2v) is 9.02. The van der Waals surface area contributed by atoms with Crippen LogP contribution in [-0.2, 0) is 28.9 Å². The van der Waals surface area contributed by atoms with E-state index in [1.165, 1.54) is 11.1 Å². The van der Waals surface area contributed by atoms with Crippen LogP contribution in [0.5, 0.6) is 0 Å². The maximum absolute atomic E-state index is 11.4. The molecule has 160 valence electrons. The Bertz CT molecular complexity index is 828. The van der Waals surface area contributed by atoms with E-state index in [0.29, 0.717) is 6.42 Å².